The average molecular weight is 267 g/mol. The highest BCUT2D eigenvalue weighted by Gasteiger charge is 2.11. The van der Waals surface area contributed by atoms with Crippen LogP contribution in [-0.2, 0) is 0 Å². The van der Waals surface area contributed by atoms with Crippen LogP contribution in [0.4, 0.5) is 5.69 Å². The summed E-state index contributed by atoms with van der Waals surface area (Å²) in [4.78, 5) is 22.7. The Morgan fingerprint density at radius 2 is 1.85 bits per heavy atom. The Labute approximate surface area is 113 Å². The minimum absolute atomic E-state index is 0.111. The molecule has 0 aliphatic rings. The molecule has 0 radical (unpaired) electrons. The van der Waals surface area contributed by atoms with E-state index in [0.717, 1.165) is 0 Å². The molecule has 2 aromatic carbocycles. The summed E-state index contributed by atoms with van der Waals surface area (Å²) in [6.07, 6.45) is 1.52. The van der Waals surface area contributed by atoms with Gasteiger partial charge in [-0.15, -0.1) is 0 Å². The Balaban J connectivity index is 2.29. The van der Waals surface area contributed by atoms with Crippen molar-refractivity contribution < 1.29 is 4.92 Å². The van der Waals surface area contributed by atoms with E-state index in [4.69, 9.17) is 0 Å². The van der Waals surface area contributed by atoms with E-state index < -0.39 is 4.92 Å². The van der Waals surface area contributed by atoms with Crippen LogP contribution in [0.1, 0.15) is 0 Å². The van der Waals surface area contributed by atoms with Crippen molar-refractivity contribution in [3.05, 3.63) is 75.2 Å². The number of nitro benzene ring substituents is 1. The van der Waals surface area contributed by atoms with Crippen LogP contribution in [0.3, 0.4) is 0 Å². The topological polar surface area (TPSA) is 78.0 Å². The standard InChI is InChI=1S/C14H9N3O3/c18-14-13-8-12(17(19)20)7-6-10(13)9-15-16(14)11-4-2-1-3-5-11/h1-9H. The first kappa shape index (κ1) is 12.0. The van der Waals surface area contributed by atoms with Crippen molar-refractivity contribution in [2.24, 2.45) is 0 Å². The van der Waals surface area contributed by atoms with Gasteiger partial charge in [0.25, 0.3) is 11.2 Å². The number of hydrogen-bond donors (Lipinski definition) is 0. The molecule has 0 saturated carbocycles. The van der Waals surface area contributed by atoms with E-state index >= 15 is 0 Å². The molecule has 0 amide bonds. The van der Waals surface area contributed by atoms with E-state index in [2.05, 4.69) is 5.10 Å². The summed E-state index contributed by atoms with van der Waals surface area (Å²) in [5.74, 6) is 0. The summed E-state index contributed by atoms with van der Waals surface area (Å²) in [6, 6.07) is 13.1. The Bertz CT molecular complexity index is 856. The summed E-state index contributed by atoms with van der Waals surface area (Å²) in [6.45, 7) is 0. The van der Waals surface area contributed by atoms with Gasteiger partial charge in [-0.05, 0) is 18.2 Å². The van der Waals surface area contributed by atoms with E-state index in [1.807, 2.05) is 6.07 Å². The van der Waals surface area contributed by atoms with Gasteiger partial charge in [0.15, 0.2) is 0 Å². The van der Waals surface area contributed by atoms with Crippen molar-refractivity contribution >= 4 is 16.5 Å². The Kier molecular flexibility index (Phi) is 2.76. The molecule has 3 aromatic rings. The number of benzene rings is 2. The smallest absolute Gasteiger partial charge is 0.267 e. The van der Waals surface area contributed by atoms with Gasteiger partial charge >= 0.3 is 0 Å². The summed E-state index contributed by atoms with van der Waals surface area (Å²) in [5, 5.41) is 15.7. The number of nitro groups is 1. The third-order valence-corrected chi connectivity index (χ3v) is 2.98. The number of hydrogen-bond acceptors (Lipinski definition) is 4. The fourth-order valence-corrected chi connectivity index (χ4v) is 2.00. The molecule has 1 heterocycles. The first-order valence-electron chi connectivity index (χ1n) is 5.89. The van der Waals surface area contributed by atoms with Crippen LogP contribution < -0.4 is 5.56 Å². The van der Waals surface area contributed by atoms with E-state index in [-0.39, 0.29) is 16.6 Å². The second kappa shape index (κ2) is 4.58. The van der Waals surface area contributed by atoms with Crippen LogP contribution in [0.2, 0.25) is 0 Å². The average Bonchev–Trinajstić information content (AvgIpc) is 2.48. The van der Waals surface area contributed by atoms with Crippen LogP contribution in [0.15, 0.2) is 59.5 Å². The van der Waals surface area contributed by atoms with Crippen LogP contribution in [-0.4, -0.2) is 14.7 Å². The fraction of sp³-hybridized carbons (Fsp3) is 0. The molecule has 0 N–H and O–H groups in total. The number of rotatable bonds is 2. The third kappa shape index (κ3) is 1.93. The Morgan fingerprint density at radius 3 is 2.55 bits per heavy atom. The SMILES string of the molecule is O=c1c2cc([N+](=O)[O-])ccc2cnn1-c1ccccc1. The van der Waals surface area contributed by atoms with Gasteiger partial charge in [0.05, 0.1) is 22.2 Å². The highest BCUT2D eigenvalue weighted by molar-refractivity contribution is 5.83. The van der Waals surface area contributed by atoms with Gasteiger partial charge in [0.2, 0.25) is 0 Å². The van der Waals surface area contributed by atoms with Gasteiger partial charge in [-0.1, -0.05) is 18.2 Å². The van der Waals surface area contributed by atoms with Crippen molar-refractivity contribution in [2.45, 2.75) is 0 Å². The van der Waals surface area contributed by atoms with Crippen LogP contribution in [0, 0.1) is 10.1 Å². The molecule has 0 fully saturated rings. The van der Waals surface area contributed by atoms with Crippen molar-refractivity contribution in [1.82, 2.24) is 9.78 Å². The predicted octanol–water partition coefficient (Wildman–Crippen LogP) is 2.29. The maximum Gasteiger partial charge on any atom is 0.279 e. The molecule has 0 spiro atoms. The van der Waals surface area contributed by atoms with Gasteiger partial charge < -0.3 is 0 Å². The monoisotopic (exact) mass is 267 g/mol. The normalized spacial score (nSPS) is 10.6. The molecule has 3 rings (SSSR count). The van der Waals surface area contributed by atoms with Gasteiger partial charge in [-0.25, -0.2) is 0 Å². The maximum atomic E-state index is 12.4. The molecule has 0 bridgehead atoms. The van der Waals surface area contributed by atoms with Crippen molar-refractivity contribution in [3.8, 4) is 5.69 Å². The number of fused-ring (bicyclic) bond motifs is 1. The predicted molar refractivity (Wildman–Crippen MR) is 74.0 cm³/mol. The van der Waals surface area contributed by atoms with E-state index in [1.165, 1.54) is 29.1 Å². The molecule has 0 atom stereocenters. The van der Waals surface area contributed by atoms with E-state index in [0.29, 0.717) is 11.1 Å². The zero-order chi connectivity index (χ0) is 14.1. The molecule has 20 heavy (non-hydrogen) atoms. The highest BCUT2D eigenvalue weighted by Crippen LogP contribution is 2.17. The molecule has 1 aromatic heterocycles. The highest BCUT2D eigenvalue weighted by atomic mass is 16.6. The lowest BCUT2D eigenvalue weighted by Gasteiger charge is -2.05. The third-order valence-electron chi connectivity index (χ3n) is 2.98. The van der Waals surface area contributed by atoms with E-state index in [1.54, 1.807) is 24.3 Å². The molecular weight excluding hydrogens is 258 g/mol. The zero-order valence-corrected chi connectivity index (χ0v) is 10.3. The van der Waals surface area contributed by atoms with Gasteiger partial charge in [0.1, 0.15) is 0 Å². The minimum Gasteiger partial charge on any atom is -0.267 e. The second-order valence-corrected chi connectivity index (χ2v) is 4.23. The molecule has 0 aliphatic heterocycles. The largest absolute Gasteiger partial charge is 0.279 e. The molecule has 0 unspecified atom stereocenters. The van der Waals surface area contributed by atoms with E-state index in [9.17, 15) is 14.9 Å². The molecule has 6 nitrogen and oxygen atoms in total. The first-order chi connectivity index (χ1) is 9.66. The maximum absolute atomic E-state index is 12.4. The lowest BCUT2D eigenvalue weighted by atomic mass is 10.2. The quantitative estimate of drug-likeness (QED) is 0.527. The fourth-order valence-electron chi connectivity index (χ4n) is 2.00. The van der Waals surface area contributed by atoms with Crippen molar-refractivity contribution in [1.29, 1.82) is 0 Å². The summed E-state index contributed by atoms with van der Waals surface area (Å²) >= 11 is 0. The molecular formula is C14H9N3O3. The summed E-state index contributed by atoms with van der Waals surface area (Å²) < 4.78 is 1.23. The summed E-state index contributed by atoms with van der Waals surface area (Å²) in [7, 11) is 0. The van der Waals surface area contributed by atoms with Gasteiger partial charge in [-0.3, -0.25) is 14.9 Å². The molecule has 98 valence electrons. The Hall–Kier alpha value is -3.02. The molecule has 6 heteroatoms. The first-order valence-corrected chi connectivity index (χ1v) is 5.89. The van der Waals surface area contributed by atoms with Crippen molar-refractivity contribution in [3.63, 3.8) is 0 Å². The molecule has 0 aliphatic carbocycles. The van der Waals surface area contributed by atoms with Crippen LogP contribution in [0.25, 0.3) is 16.5 Å². The van der Waals surface area contributed by atoms with Crippen LogP contribution >= 0.6 is 0 Å². The number of nitrogens with zero attached hydrogens (tertiary/aromatic N) is 3. The van der Waals surface area contributed by atoms with Gasteiger partial charge in [0, 0.05) is 17.5 Å². The lowest BCUT2D eigenvalue weighted by Crippen LogP contribution is -2.20. The zero-order valence-electron chi connectivity index (χ0n) is 10.3. The number of para-hydroxylation sites is 1. The Morgan fingerprint density at radius 1 is 1.10 bits per heavy atom. The van der Waals surface area contributed by atoms with Gasteiger partial charge in [-0.2, -0.15) is 9.78 Å². The number of non-ortho nitro benzene ring substituents is 1. The number of aromatic nitrogens is 2. The second-order valence-electron chi connectivity index (χ2n) is 4.23. The lowest BCUT2D eigenvalue weighted by molar-refractivity contribution is -0.384. The van der Waals surface area contributed by atoms with Crippen molar-refractivity contribution in [2.75, 3.05) is 0 Å². The molecule has 0 saturated heterocycles. The minimum atomic E-state index is -0.522. The van der Waals surface area contributed by atoms with Crippen LogP contribution in [0.5, 0.6) is 0 Å². The summed E-state index contributed by atoms with van der Waals surface area (Å²) in [5.41, 5.74) is 0.128.